The lowest BCUT2D eigenvalue weighted by Gasteiger charge is -2.32. The Morgan fingerprint density at radius 3 is 2.70 bits per heavy atom. The molecule has 0 unspecified atom stereocenters. The monoisotopic (exact) mass is 370 g/mol. The summed E-state index contributed by atoms with van der Waals surface area (Å²) in [5.41, 5.74) is 7.40. The molecule has 1 amide bonds. The van der Waals surface area contributed by atoms with E-state index in [-0.39, 0.29) is 17.6 Å². The van der Waals surface area contributed by atoms with Gasteiger partial charge in [-0.3, -0.25) is 9.59 Å². The smallest absolute Gasteiger partial charge is 0.222 e. The molecule has 1 atom stereocenters. The molecule has 144 valence electrons. The van der Waals surface area contributed by atoms with Crippen LogP contribution in [0, 0.1) is 5.92 Å². The van der Waals surface area contributed by atoms with Gasteiger partial charge in [0.05, 0.1) is 24.6 Å². The van der Waals surface area contributed by atoms with E-state index in [1.165, 1.54) is 6.20 Å². The second-order valence-corrected chi connectivity index (χ2v) is 6.85. The Morgan fingerprint density at radius 2 is 2.04 bits per heavy atom. The van der Waals surface area contributed by atoms with E-state index in [0.29, 0.717) is 24.3 Å². The molecule has 3 rings (SSSR count). The number of amides is 1. The molecule has 27 heavy (non-hydrogen) atoms. The number of benzene rings is 1. The lowest BCUT2D eigenvalue weighted by molar-refractivity contribution is -0.132. The first-order valence-electron chi connectivity index (χ1n) is 9.35. The zero-order valence-electron chi connectivity index (χ0n) is 15.9. The van der Waals surface area contributed by atoms with Crippen LogP contribution in [-0.4, -0.2) is 46.6 Å². The van der Waals surface area contributed by atoms with E-state index in [2.05, 4.69) is 5.10 Å². The summed E-state index contributed by atoms with van der Waals surface area (Å²) < 4.78 is 6.71. The van der Waals surface area contributed by atoms with Crippen molar-refractivity contribution in [2.24, 2.45) is 5.92 Å². The third-order valence-electron chi connectivity index (χ3n) is 5.00. The van der Waals surface area contributed by atoms with Gasteiger partial charge < -0.3 is 15.4 Å². The number of carbonyl (C=O) groups excluding carboxylic acids is 2. The second-order valence-electron chi connectivity index (χ2n) is 6.85. The molecule has 1 aliphatic rings. The van der Waals surface area contributed by atoms with E-state index in [1.807, 2.05) is 31.2 Å². The fraction of sp³-hybridized carbons (Fsp3) is 0.450. The van der Waals surface area contributed by atoms with Crippen molar-refractivity contribution < 1.29 is 14.3 Å². The van der Waals surface area contributed by atoms with Crippen LogP contribution in [0.4, 0.5) is 5.82 Å². The van der Waals surface area contributed by atoms with Gasteiger partial charge in [-0.2, -0.15) is 5.10 Å². The van der Waals surface area contributed by atoms with Crippen LogP contribution in [0.1, 0.15) is 43.0 Å². The molecule has 1 aliphatic heterocycles. The number of nitrogens with zero attached hydrogens (tertiary/aromatic N) is 3. The Labute approximate surface area is 159 Å². The van der Waals surface area contributed by atoms with Crippen molar-refractivity contribution >= 4 is 17.5 Å². The molecule has 1 fully saturated rings. The molecule has 0 spiro atoms. The van der Waals surface area contributed by atoms with Crippen molar-refractivity contribution in [2.75, 3.05) is 25.9 Å². The molecule has 7 heteroatoms. The largest absolute Gasteiger partial charge is 0.497 e. The van der Waals surface area contributed by atoms with E-state index < -0.39 is 0 Å². The number of rotatable bonds is 6. The molecule has 0 aliphatic carbocycles. The maximum absolute atomic E-state index is 13.0. The highest BCUT2D eigenvalue weighted by atomic mass is 16.5. The lowest BCUT2D eigenvalue weighted by atomic mass is 9.90. The average molecular weight is 370 g/mol. The number of ether oxygens (including phenoxy) is 1. The van der Waals surface area contributed by atoms with Gasteiger partial charge in [-0.05, 0) is 43.5 Å². The Morgan fingerprint density at radius 1 is 1.30 bits per heavy atom. The van der Waals surface area contributed by atoms with Gasteiger partial charge in [0.15, 0.2) is 5.78 Å². The molecule has 7 nitrogen and oxygen atoms in total. The predicted octanol–water partition coefficient (Wildman–Crippen LogP) is 2.68. The molecule has 2 heterocycles. The topological polar surface area (TPSA) is 90.5 Å². The Kier molecular flexibility index (Phi) is 5.78. The van der Waals surface area contributed by atoms with E-state index >= 15 is 0 Å². The zero-order chi connectivity index (χ0) is 19.4. The fourth-order valence-corrected chi connectivity index (χ4v) is 3.49. The average Bonchev–Trinajstić information content (AvgIpc) is 3.09. The van der Waals surface area contributed by atoms with Crippen molar-refractivity contribution in [3.05, 3.63) is 36.0 Å². The van der Waals surface area contributed by atoms with Crippen LogP contribution in [0.25, 0.3) is 5.69 Å². The van der Waals surface area contributed by atoms with Gasteiger partial charge in [0, 0.05) is 25.4 Å². The van der Waals surface area contributed by atoms with Gasteiger partial charge in [-0.25, -0.2) is 4.68 Å². The number of carbonyl (C=O) groups is 2. The fourth-order valence-electron chi connectivity index (χ4n) is 3.49. The van der Waals surface area contributed by atoms with Gasteiger partial charge in [0.25, 0.3) is 0 Å². The van der Waals surface area contributed by atoms with Crippen LogP contribution in [0.5, 0.6) is 5.75 Å². The quantitative estimate of drug-likeness (QED) is 0.790. The number of hydrogen-bond acceptors (Lipinski definition) is 5. The number of ketones is 1. The van der Waals surface area contributed by atoms with Gasteiger partial charge in [-0.1, -0.05) is 6.92 Å². The van der Waals surface area contributed by atoms with Crippen LogP contribution in [0.2, 0.25) is 0 Å². The summed E-state index contributed by atoms with van der Waals surface area (Å²) in [6, 6.07) is 7.30. The minimum atomic E-state index is -0.227. The summed E-state index contributed by atoms with van der Waals surface area (Å²) in [7, 11) is 1.60. The minimum absolute atomic E-state index is 0.0405. The van der Waals surface area contributed by atoms with E-state index in [4.69, 9.17) is 10.5 Å². The van der Waals surface area contributed by atoms with Crippen LogP contribution >= 0.6 is 0 Å². The Bertz CT molecular complexity index is 813. The minimum Gasteiger partial charge on any atom is -0.497 e. The number of nitrogen functional groups attached to an aromatic ring is 1. The number of anilines is 1. The van der Waals surface area contributed by atoms with Crippen molar-refractivity contribution in [3.8, 4) is 11.4 Å². The molecule has 1 saturated heterocycles. The van der Waals surface area contributed by atoms with Crippen LogP contribution < -0.4 is 10.5 Å². The number of likely N-dealkylation sites (tertiary alicyclic amines) is 1. The summed E-state index contributed by atoms with van der Waals surface area (Å²) >= 11 is 0. The highest BCUT2D eigenvalue weighted by Crippen LogP contribution is 2.26. The van der Waals surface area contributed by atoms with E-state index in [9.17, 15) is 9.59 Å². The van der Waals surface area contributed by atoms with Gasteiger partial charge in [-0.15, -0.1) is 0 Å². The SMILES string of the molecule is CCCC(=O)N1CCC[C@H](C(=O)c2cnn(-c3ccc(OC)cc3)c2N)C1. The number of Topliss-reactive ketones (excluding diaryl/α,β-unsaturated/α-hetero) is 1. The normalized spacial score (nSPS) is 17.0. The van der Waals surface area contributed by atoms with Crippen molar-refractivity contribution in [1.29, 1.82) is 0 Å². The second kappa shape index (κ2) is 8.24. The maximum Gasteiger partial charge on any atom is 0.222 e. The van der Waals surface area contributed by atoms with Gasteiger partial charge in [0.2, 0.25) is 5.91 Å². The van der Waals surface area contributed by atoms with Crippen LogP contribution in [-0.2, 0) is 4.79 Å². The molecule has 0 radical (unpaired) electrons. The summed E-state index contributed by atoms with van der Waals surface area (Å²) in [6.07, 6.45) is 4.46. The standard InChI is InChI=1S/C20H26N4O3/c1-3-5-18(25)23-11-4-6-14(13-23)19(26)17-12-22-24(20(17)21)15-7-9-16(27-2)10-8-15/h7-10,12,14H,3-6,11,13,21H2,1-2H3/t14-/m0/s1. The third-order valence-corrected chi connectivity index (χ3v) is 5.00. The van der Waals surface area contributed by atoms with Crippen LogP contribution in [0.3, 0.4) is 0 Å². The van der Waals surface area contributed by atoms with Crippen molar-refractivity contribution in [2.45, 2.75) is 32.6 Å². The number of aromatic nitrogens is 2. The molecular weight excluding hydrogens is 344 g/mol. The van der Waals surface area contributed by atoms with Gasteiger partial charge >= 0.3 is 0 Å². The first kappa shape index (κ1) is 18.9. The molecule has 0 bridgehead atoms. The molecule has 2 aromatic rings. The molecule has 1 aromatic heterocycles. The first-order chi connectivity index (χ1) is 13.0. The van der Waals surface area contributed by atoms with E-state index in [0.717, 1.165) is 37.2 Å². The highest BCUT2D eigenvalue weighted by Gasteiger charge is 2.30. The van der Waals surface area contributed by atoms with Crippen molar-refractivity contribution in [1.82, 2.24) is 14.7 Å². The summed E-state index contributed by atoms with van der Waals surface area (Å²) in [6.45, 7) is 3.17. The van der Waals surface area contributed by atoms with Crippen molar-refractivity contribution in [3.63, 3.8) is 0 Å². The Hall–Kier alpha value is -2.83. The predicted molar refractivity (Wildman–Crippen MR) is 103 cm³/mol. The number of methoxy groups -OCH3 is 1. The Balaban J connectivity index is 1.77. The van der Waals surface area contributed by atoms with Crippen LogP contribution in [0.15, 0.2) is 30.5 Å². The highest BCUT2D eigenvalue weighted by molar-refractivity contribution is 6.02. The summed E-state index contributed by atoms with van der Waals surface area (Å²) in [4.78, 5) is 27.0. The zero-order valence-corrected chi connectivity index (χ0v) is 15.9. The number of hydrogen-bond donors (Lipinski definition) is 1. The summed E-state index contributed by atoms with van der Waals surface area (Å²) in [5.74, 6) is 0.913. The lowest BCUT2D eigenvalue weighted by Crippen LogP contribution is -2.42. The molecule has 1 aromatic carbocycles. The molecule has 2 N–H and O–H groups in total. The van der Waals surface area contributed by atoms with E-state index in [1.54, 1.807) is 16.7 Å². The third kappa shape index (κ3) is 3.97. The molecule has 0 saturated carbocycles. The number of nitrogens with two attached hydrogens (primary N) is 1. The number of piperidine rings is 1. The summed E-state index contributed by atoms with van der Waals surface area (Å²) in [5, 5.41) is 4.29. The molecular formula is C20H26N4O3. The maximum atomic E-state index is 13.0. The van der Waals surface area contributed by atoms with Gasteiger partial charge in [0.1, 0.15) is 11.6 Å². The first-order valence-corrected chi connectivity index (χ1v) is 9.35.